The maximum atomic E-state index is 11.9. The van der Waals surface area contributed by atoms with Gasteiger partial charge in [-0.15, -0.1) is 10.2 Å². The fourth-order valence-electron chi connectivity index (χ4n) is 2.67. The number of fused-ring (bicyclic) bond motifs is 3. The van der Waals surface area contributed by atoms with E-state index in [1.807, 2.05) is 42.5 Å². The van der Waals surface area contributed by atoms with E-state index in [9.17, 15) is 4.79 Å². The maximum Gasteiger partial charge on any atom is 0.336 e. The van der Waals surface area contributed by atoms with Crippen LogP contribution in [0.4, 0.5) is 0 Å². The third-order valence-electron chi connectivity index (χ3n) is 3.70. The molecule has 0 saturated heterocycles. The summed E-state index contributed by atoms with van der Waals surface area (Å²) in [6.45, 7) is 0. The zero-order chi connectivity index (χ0) is 16.5. The molecule has 6 heteroatoms. The highest BCUT2D eigenvalue weighted by Crippen LogP contribution is 2.30. The summed E-state index contributed by atoms with van der Waals surface area (Å²) in [6, 6.07) is 16.9. The summed E-state index contributed by atoms with van der Waals surface area (Å²) in [5.41, 5.74) is 1.16. The molecule has 0 unspecified atom stereocenters. The molecule has 2 heterocycles. The van der Waals surface area contributed by atoms with Crippen LogP contribution in [0.15, 0.2) is 68.8 Å². The number of hydrogen-bond donors (Lipinski definition) is 0. The second kappa shape index (κ2) is 6.26. The van der Waals surface area contributed by atoms with Gasteiger partial charge in [-0.25, -0.2) is 4.79 Å². The topological polar surface area (TPSA) is 56.0 Å². The van der Waals surface area contributed by atoms with Crippen molar-refractivity contribution in [1.82, 2.24) is 10.2 Å². The van der Waals surface area contributed by atoms with Crippen molar-refractivity contribution in [2.75, 3.05) is 0 Å². The van der Waals surface area contributed by atoms with E-state index in [0.717, 1.165) is 26.7 Å². The van der Waals surface area contributed by atoms with Gasteiger partial charge in [0, 0.05) is 17.2 Å². The number of thioether (sulfide) groups is 1. The van der Waals surface area contributed by atoms with Gasteiger partial charge in [-0.2, -0.15) is 0 Å². The lowest BCUT2D eigenvalue weighted by Crippen LogP contribution is -2.00. The SMILES string of the molecule is O=c1cc(CSc2ccc(Cl)nn2)c2c(ccc3ccccc32)o1. The van der Waals surface area contributed by atoms with Crippen LogP contribution < -0.4 is 5.63 Å². The first-order valence-corrected chi connectivity index (χ1v) is 8.63. The minimum Gasteiger partial charge on any atom is -0.423 e. The minimum absolute atomic E-state index is 0.351. The minimum atomic E-state index is -0.351. The molecule has 4 rings (SSSR count). The van der Waals surface area contributed by atoms with Crippen LogP contribution in [0.1, 0.15) is 5.56 Å². The first kappa shape index (κ1) is 15.2. The summed E-state index contributed by atoms with van der Waals surface area (Å²) in [7, 11) is 0. The number of rotatable bonds is 3. The van der Waals surface area contributed by atoms with Crippen molar-refractivity contribution in [2.24, 2.45) is 0 Å². The molecule has 0 bridgehead atoms. The van der Waals surface area contributed by atoms with E-state index in [1.165, 1.54) is 11.8 Å². The van der Waals surface area contributed by atoms with E-state index < -0.39 is 0 Å². The van der Waals surface area contributed by atoms with Crippen LogP contribution in [0.5, 0.6) is 0 Å². The first-order chi connectivity index (χ1) is 11.7. The molecule has 0 aliphatic carbocycles. The molecule has 4 nitrogen and oxygen atoms in total. The second-order valence-electron chi connectivity index (χ2n) is 5.23. The van der Waals surface area contributed by atoms with Crippen LogP contribution in [0.2, 0.25) is 5.15 Å². The largest absolute Gasteiger partial charge is 0.423 e. The number of aromatic nitrogens is 2. The number of halogens is 1. The molecule has 24 heavy (non-hydrogen) atoms. The van der Waals surface area contributed by atoms with Crippen molar-refractivity contribution < 1.29 is 4.42 Å². The second-order valence-corrected chi connectivity index (χ2v) is 6.62. The highest BCUT2D eigenvalue weighted by Gasteiger charge is 2.10. The Morgan fingerprint density at radius 3 is 2.75 bits per heavy atom. The summed E-state index contributed by atoms with van der Waals surface area (Å²) in [5.74, 6) is 0.590. The van der Waals surface area contributed by atoms with Crippen LogP contribution >= 0.6 is 23.4 Å². The molecule has 0 aliphatic heterocycles. The van der Waals surface area contributed by atoms with Gasteiger partial charge in [0.1, 0.15) is 10.6 Å². The number of nitrogens with zero attached hydrogens (tertiary/aromatic N) is 2. The Bertz CT molecular complexity index is 1090. The molecule has 118 valence electrons. The Balaban J connectivity index is 1.82. The predicted octanol–water partition coefficient (Wildman–Crippen LogP) is 4.68. The van der Waals surface area contributed by atoms with Gasteiger partial charge in [0.05, 0.1) is 0 Å². The smallest absolute Gasteiger partial charge is 0.336 e. The lowest BCUT2D eigenvalue weighted by atomic mass is 10.0. The summed E-state index contributed by atoms with van der Waals surface area (Å²) in [6.07, 6.45) is 0. The molecular weight excluding hydrogens is 344 g/mol. The van der Waals surface area contributed by atoms with Crippen LogP contribution in [-0.4, -0.2) is 10.2 Å². The zero-order valence-corrected chi connectivity index (χ0v) is 14.0. The van der Waals surface area contributed by atoms with Crippen molar-refractivity contribution in [1.29, 1.82) is 0 Å². The van der Waals surface area contributed by atoms with Crippen LogP contribution in [0.25, 0.3) is 21.7 Å². The van der Waals surface area contributed by atoms with E-state index in [2.05, 4.69) is 10.2 Å². The van der Waals surface area contributed by atoms with Gasteiger partial charge in [-0.1, -0.05) is 53.7 Å². The summed E-state index contributed by atoms with van der Waals surface area (Å²) in [4.78, 5) is 11.9. The van der Waals surface area contributed by atoms with Crippen LogP contribution in [-0.2, 0) is 5.75 Å². The Morgan fingerprint density at radius 1 is 1.04 bits per heavy atom. The molecule has 0 amide bonds. The van der Waals surface area contributed by atoms with Crippen molar-refractivity contribution >= 4 is 45.1 Å². The van der Waals surface area contributed by atoms with Crippen LogP contribution in [0.3, 0.4) is 0 Å². The van der Waals surface area contributed by atoms with Gasteiger partial charge in [0.15, 0.2) is 5.15 Å². The van der Waals surface area contributed by atoms with Crippen molar-refractivity contribution in [3.8, 4) is 0 Å². The molecule has 0 aliphatic rings. The van der Waals surface area contributed by atoms with E-state index in [-0.39, 0.29) is 5.63 Å². The van der Waals surface area contributed by atoms with Gasteiger partial charge in [0.2, 0.25) is 0 Å². The standard InChI is InChI=1S/C18H11ClN2O2S/c19-15-7-8-16(21-20-15)24-10-12-9-17(22)23-14-6-5-11-3-1-2-4-13(11)18(12)14/h1-9H,10H2. The van der Waals surface area contributed by atoms with E-state index in [4.69, 9.17) is 16.0 Å². The predicted molar refractivity (Wildman–Crippen MR) is 96.6 cm³/mol. The normalized spacial score (nSPS) is 11.2. The summed E-state index contributed by atoms with van der Waals surface area (Å²) in [5, 5.41) is 12.1. The van der Waals surface area contributed by atoms with E-state index in [1.54, 1.807) is 12.1 Å². The highest BCUT2D eigenvalue weighted by molar-refractivity contribution is 7.98. The molecule has 0 N–H and O–H groups in total. The van der Waals surface area contributed by atoms with Gasteiger partial charge in [0.25, 0.3) is 0 Å². The van der Waals surface area contributed by atoms with Gasteiger partial charge < -0.3 is 4.42 Å². The Labute approximate surface area is 146 Å². The lowest BCUT2D eigenvalue weighted by Gasteiger charge is -2.08. The van der Waals surface area contributed by atoms with E-state index in [0.29, 0.717) is 16.5 Å². The van der Waals surface area contributed by atoms with Gasteiger partial charge in [-0.05, 0) is 34.5 Å². The first-order valence-electron chi connectivity index (χ1n) is 7.27. The van der Waals surface area contributed by atoms with Crippen molar-refractivity contribution in [2.45, 2.75) is 10.8 Å². The highest BCUT2D eigenvalue weighted by atomic mass is 35.5. The number of hydrogen-bond acceptors (Lipinski definition) is 5. The average molecular weight is 355 g/mol. The molecular formula is C18H11ClN2O2S. The van der Waals surface area contributed by atoms with Crippen molar-refractivity contribution in [3.63, 3.8) is 0 Å². The fraction of sp³-hybridized carbons (Fsp3) is 0.0556. The fourth-order valence-corrected chi connectivity index (χ4v) is 3.56. The molecule has 0 atom stereocenters. The molecule has 0 radical (unpaired) electrons. The quantitative estimate of drug-likeness (QED) is 0.303. The third-order valence-corrected chi connectivity index (χ3v) is 4.87. The maximum absolute atomic E-state index is 11.9. The molecule has 0 saturated carbocycles. The Morgan fingerprint density at radius 2 is 1.92 bits per heavy atom. The van der Waals surface area contributed by atoms with E-state index >= 15 is 0 Å². The van der Waals surface area contributed by atoms with Crippen molar-refractivity contribution in [3.05, 3.63) is 75.7 Å². The molecule has 0 spiro atoms. The molecule has 2 aromatic carbocycles. The average Bonchev–Trinajstić information content (AvgIpc) is 2.60. The third kappa shape index (κ3) is 2.88. The van der Waals surface area contributed by atoms with Gasteiger partial charge in [-0.3, -0.25) is 0 Å². The zero-order valence-electron chi connectivity index (χ0n) is 12.4. The lowest BCUT2D eigenvalue weighted by molar-refractivity contribution is 0.560. The van der Waals surface area contributed by atoms with Gasteiger partial charge >= 0.3 is 5.63 Å². The number of benzene rings is 2. The monoisotopic (exact) mass is 354 g/mol. The summed E-state index contributed by atoms with van der Waals surface area (Å²) < 4.78 is 5.37. The Kier molecular flexibility index (Phi) is 3.96. The van der Waals surface area contributed by atoms with Crippen LogP contribution in [0, 0.1) is 0 Å². The molecule has 0 fully saturated rings. The molecule has 2 aromatic heterocycles. The Hall–Kier alpha value is -2.37. The summed E-state index contributed by atoms with van der Waals surface area (Å²) >= 11 is 7.26. The molecule has 4 aromatic rings.